The quantitative estimate of drug-likeness (QED) is 0.389. The molecule has 4 heteroatoms. The lowest BCUT2D eigenvalue weighted by Gasteiger charge is -2.07. The van der Waals surface area contributed by atoms with Crippen LogP contribution >= 0.6 is 0 Å². The molecule has 0 aliphatic heterocycles. The van der Waals surface area contributed by atoms with Crippen LogP contribution in [0.25, 0.3) is 44.4 Å². The minimum atomic E-state index is 0.910. The molecule has 3 aromatic heterocycles. The minimum Gasteiger partial charge on any atom is -0.277 e. The maximum absolute atomic E-state index is 5.00. The van der Waals surface area contributed by atoms with Gasteiger partial charge in [0, 0.05) is 5.39 Å². The van der Waals surface area contributed by atoms with Crippen molar-refractivity contribution in [1.29, 1.82) is 0 Å². The van der Waals surface area contributed by atoms with Gasteiger partial charge in [-0.15, -0.1) is 0 Å². The maximum atomic E-state index is 5.00. The number of hydrogen-bond donors (Lipinski definition) is 0. The van der Waals surface area contributed by atoms with Gasteiger partial charge in [-0.25, -0.2) is 9.97 Å². The number of benzene rings is 3. The Bertz CT molecular complexity index is 1500. The van der Waals surface area contributed by atoms with E-state index >= 15 is 0 Å². The zero-order valence-electron chi connectivity index (χ0n) is 14.6. The number of fused-ring (bicyclic) bond motifs is 10. The van der Waals surface area contributed by atoms with Crippen LogP contribution in [0.15, 0.2) is 60.7 Å². The Morgan fingerprint density at radius 1 is 0.654 bits per heavy atom. The molecule has 6 aromatic rings. The standard InChI is InChI=1S/C22H16N4/c1-13-11-17-20(12-14(13)2)25-18-9-5-3-7-15(18)21-23-16-8-4-6-10-19(16)26(21)22(25)24-17/h3-12H,1-2H3. The summed E-state index contributed by atoms with van der Waals surface area (Å²) in [6.45, 7) is 4.29. The molecule has 0 spiro atoms. The first kappa shape index (κ1) is 13.8. The van der Waals surface area contributed by atoms with Gasteiger partial charge < -0.3 is 0 Å². The third-order valence-electron chi connectivity index (χ3n) is 5.40. The number of aryl methyl sites for hydroxylation is 2. The normalized spacial score (nSPS) is 12.2. The number of rotatable bonds is 0. The first-order valence-electron chi connectivity index (χ1n) is 8.80. The van der Waals surface area contributed by atoms with Gasteiger partial charge in [-0.2, -0.15) is 0 Å². The van der Waals surface area contributed by atoms with E-state index in [1.165, 1.54) is 11.1 Å². The van der Waals surface area contributed by atoms with Gasteiger partial charge in [-0.05, 0) is 61.4 Å². The van der Waals surface area contributed by atoms with Gasteiger partial charge in [0.25, 0.3) is 0 Å². The zero-order valence-corrected chi connectivity index (χ0v) is 14.6. The summed E-state index contributed by atoms with van der Waals surface area (Å²) in [5.74, 6) is 0.910. The Morgan fingerprint density at radius 2 is 1.38 bits per heavy atom. The van der Waals surface area contributed by atoms with Crippen molar-refractivity contribution >= 4 is 44.4 Å². The van der Waals surface area contributed by atoms with Gasteiger partial charge in [0.15, 0.2) is 0 Å². The highest BCUT2D eigenvalue weighted by atomic mass is 15.2. The van der Waals surface area contributed by atoms with E-state index in [9.17, 15) is 0 Å². The van der Waals surface area contributed by atoms with Crippen LogP contribution in [0.2, 0.25) is 0 Å². The van der Waals surface area contributed by atoms with Crippen LogP contribution in [0.4, 0.5) is 0 Å². The minimum absolute atomic E-state index is 0.910. The molecule has 0 aliphatic rings. The summed E-state index contributed by atoms with van der Waals surface area (Å²) in [5, 5.41) is 1.13. The second kappa shape index (κ2) is 4.61. The topological polar surface area (TPSA) is 34.6 Å². The van der Waals surface area contributed by atoms with Gasteiger partial charge in [0.1, 0.15) is 5.65 Å². The van der Waals surface area contributed by atoms with Crippen LogP contribution in [0.3, 0.4) is 0 Å². The molecule has 0 unspecified atom stereocenters. The smallest absolute Gasteiger partial charge is 0.221 e. The molecule has 0 amide bonds. The molecule has 0 N–H and O–H groups in total. The highest BCUT2D eigenvalue weighted by Gasteiger charge is 2.17. The first-order chi connectivity index (χ1) is 12.7. The first-order valence-corrected chi connectivity index (χ1v) is 8.80. The van der Waals surface area contributed by atoms with E-state index in [4.69, 9.17) is 9.97 Å². The predicted octanol–water partition coefficient (Wildman–Crippen LogP) is 5.06. The summed E-state index contributed by atoms with van der Waals surface area (Å²) in [7, 11) is 0. The molecule has 3 aromatic carbocycles. The third kappa shape index (κ3) is 1.59. The number of nitrogens with zero attached hydrogens (tertiary/aromatic N) is 4. The fourth-order valence-electron chi connectivity index (χ4n) is 3.97. The predicted molar refractivity (Wildman–Crippen MR) is 106 cm³/mol. The van der Waals surface area contributed by atoms with Crippen molar-refractivity contribution in [3.8, 4) is 0 Å². The van der Waals surface area contributed by atoms with Crippen LogP contribution in [-0.2, 0) is 0 Å². The average molecular weight is 336 g/mol. The summed E-state index contributed by atoms with van der Waals surface area (Å²) in [6, 6.07) is 21.1. The summed E-state index contributed by atoms with van der Waals surface area (Å²) in [5.41, 5.74) is 8.86. The van der Waals surface area contributed by atoms with Crippen molar-refractivity contribution in [3.05, 3.63) is 71.8 Å². The lowest BCUT2D eigenvalue weighted by atomic mass is 10.1. The van der Waals surface area contributed by atoms with E-state index in [-0.39, 0.29) is 0 Å². The lowest BCUT2D eigenvalue weighted by Crippen LogP contribution is -1.98. The number of para-hydroxylation sites is 3. The molecule has 0 saturated heterocycles. The van der Waals surface area contributed by atoms with Gasteiger partial charge in [0.05, 0.1) is 27.6 Å². The highest BCUT2D eigenvalue weighted by molar-refractivity contribution is 6.01. The van der Waals surface area contributed by atoms with E-state index in [0.29, 0.717) is 0 Å². The number of hydrogen-bond acceptors (Lipinski definition) is 2. The molecule has 0 saturated carbocycles. The Balaban J connectivity index is 2.03. The fourth-order valence-corrected chi connectivity index (χ4v) is 3.97. The monoisotopic (exact) mass is 336 g/mol. The van der Waals surface area contributed by atoms with Crippen molar-refractivity contribution in [2.45, 2.75) is 13.8 Å². The third-order valence-corrected chi connectivity index (χ3v) is 5.40. The summed E-state index contributed by atoms with van der Waals surface area (Å²) < 4.78 is 4.44. The molecule has 0 aliphatic carbocycles. The molecule has 0 fully saturated rings. The SMILES string of the molecule is Cc1cc2nc3n(c2cc1C)c1ccccc1c1nc2ccccc2n13. The average Bonchev–Trinajstić information content (AvgIpc) is 3.21. The largest absolute Gasteiger partial charge is 0.277 e. The van der Waals surface area contributed by atoms with Gasteiger partial charge >= 0.3 is 0 Å². The summed E-state index contributed by atoms with van der Waals surface area (Å²) in [4.78, 5) is 9.91. The van der Waals surface area contributed by atoms with Crippen LogP contribution in [0, 0.1) is 13.8 Å². The number of aromatic nitrogens is 4. The van der Waals surface area contributed by atoms with Gasteiger partial charge in [0.2, 0.25) is 5.78 Å². The van der Waals surface area contributed by atoms with Crippen molar-refractivity contribution in [2.75, 3.05) is 0 Å². The van der Waals surface area contributed by atoms with E-state index < -0.39 is 0 Å². The Kier molecular flexibility index (Phi) is 2.45. The lowest BCUT2D eigenvalue weighted by molar-refractivity contribution is 1.14. The molecule has 3 heterocycles. The Morgan fingerprint density at radius 3 is 2.27 bits per heavy atom. The van der Waals surface area contributed by atoms with E-state index in [2.05, 4.69) is 77.2 Å². The van der Waals surface area contributed by atoms with Crippen LogP contribution in [0.1, 0.15) is 11.1 Å². The molecular formula is C22H16N4. The zero-order chi connectivity index (χ0) is 17.4. The molecular weight excluding hydrogens is 320 g/mol. The van der Waals surface area contributed by atoms with E-state index in [1.807, 2.05) is 6.07 Å². The molecule has 124 valence electrons. The molecule has 4 nitrogen and oxygen atoms in total. The Labute approximate surface area is 149 Å². The molecule has 0 radical (unpaired) electrons. The van der Waals surface area contributed by atoms with Crippen molar-refractivity contribution in [1.82, 2.24) is 18.8 Å². The van der Waals surface area contributed by atoms with Crippen LogP contribution < -0.4 is 0 Å². The van der Waals surface area contributed by atoms with E-state index in [0.717, 1.165) is 44.4 Å². The van der Waals surface area contributed by atoms with Crippen molar-refractivity contribution < 1.29 is 0 Å². The summed E-state index contributed by atoms with van der Waals surface area (Å²) in [6.07, 6.45) is 0. The molecule has 26 heavy (non-hydrogen) atoms. The second-order valence-electron chi connectivity index (χ2n) is 6.95. The van der Waals surface area contributed by atoms with E-state index in [1.54, 1.807) is 0 Å². The fraction of sp³-hybridized carbons (Fsp3) is 0.0909. The molecule has 0 bridgehead atoms. The van der Waals surface area contributed by atoms with Crippen molar-refractivity contribution in [2.24, 2.45) is 0 Å². The van der Waals surface area contributed by atoms with Crippen LogP contribution in [-0.4, -0.2) is 18.8 Å². The molecule has 6 rings (SSSR count). The number of imidazole rings is 2. The maximum Gasteiger partial charge on any atom is 0.221 e. The van der Waals surface area contributed by atoms with Gasteiger partial charge in [-0.3, -0.25) is 8.80 Å². The highest BCUT2D eigenvalue weighted by Crippen LogP contribution is 2.30. The van der Waals surface area contributed by atoms with Crippen LogP contribution in [0.5, 0.6) is 0 Å². The van der Waals surface area contributed by atoms with Crippen molar-refractivity contribution in [3.63, 3.8) is 0 Å². The summed E-state index contributed by atoms with van der Waals surface area (Å²) >= 11 is 0. The molecule has 0 atom stereocenters. The Hall–Kier alpha value is -3.40. The van der Waals surface area contributed by atoms with Gasteiger partial charge in [-0.1, -0.05) is 24.3 Å². The second-order valence-corrected chi connectivity index (χ2v) is 6.95.